The number of sulfone groups is 1. The van der Waals surface area contributed by atoms with Gasteiger partial charge in [-0.15, -0.1) is 0 Å². The first-order valence-electron chi connectivity index (χ1n) is 14.1. The van der Waals surface area contributed by atoms with E-state index in [1.165, 1.54) is 7.11 Å². The SMILES string of the molecule is COC(=O)C1COCCN1CS(=O)(=O)CC1=CC=CC(C)(OC2CN(C(=O)C3=CC(C)=CCC3(C)C)CC2OC)C1. The van der Waals surface area contributed by atoms with Crippen molar-refractivity contribution in [1.29, 1.82) is 0 Å². The van der Waals surface area contributed by atoms with Crippen molar-refractivity contribution in [1.82, 2.24) is 9.80 Å². The second kappa shape index (κ2) is 12.5. The van der Waals surface area contributed by atoms with Gasteiger partial charge in [-0.2, -0.15) is 0 Å². The third-order valence-electron chi connectivity index (χ3n) is 8.33. The number of hydrogen-bond acceptors (Lipinski definition) is 9. The molecule has 11 heteroatoms. The van der Waals surface area contributed by atoms with Crippen LogP contribution in [0.25, 0.3) is 0 Å². The molecule has 0 aromatic rings. The molecule has 0 N–H and O–H groups in total. The minimum Gasteiger partial charge on any atom is -0.468 e. The summed E-state index contributed by atoms with van der Waals surface area (Å²) in [5.74, 6) is -0.922. The predicted octanol–water partition coefficient (Wildman–Crippen LogP) is 2.42. The average molecular weight is 593 g/mol. The van der Waals surface area contributed by atoms with E-state index in [4.69, 9.17) is 18.9 Å². The number of methoxy groups -OCH3 is 2. The highest BCUT2D eigenvalue weighted by Gasteiger charge is 2.43. The van der Waals surface area contributed by atoms with Crippen LogP contribution in [-0.4, -0.2) is 113 Å². The molecule has 41 heavy (non-hydrogen) atoms. The first-order chi connectivity index (χ1) is 19.3. The molecule has 228 valence electrons. The van der Waals surface area contributed by atoms with Gasteiger partial charge in [-0.25, -0.2) is 8.42 Å². The second-order valence-corrected chi connectivity index (χ2v) is 14.4. The van der Waals surface area contributed by atoms with Crippen molar-refractivity contribution in [3.63, 3.8) is 0 Å². The van der Waals surface area contributed by atoms with Crippen molar-refractivity contribution in [2.24, 2.45) is 5.41 Å². The van der Waals surface area contributed by atoms with Crippen molar-refractivity contribution in [3.8, 4) is 0 Å². The summed E-state index contributed by atoms with van der Waals surface area (Å²) in [6, 6.07) is -0.744. The van der Waals surface area contributed by atoms with E-state index in [0.717, 1.165) is 17.6 Å². The van der Waals surface area contributed by atoms with Gasteiger partial charge in [0.05, 0.1) is 31.7 Å². The molecule has 4 unspecified atom stereocenters. The molecule has 0 spiro atoms. The van der Waals surface area contributed by atoms with Crippen molar-refractivity contribution < 1.29 is 37.0 Å². The van der Waals surface area contributed by atoms with Gasteiger partial charge >= 0.3 is 5.97 Å². The highest BCUT2D eigenvalue weighted by Crippen LogP contribution is 2.38. The van der Waals surface area contributed by atoms with E-state index < -0.39 is 27.4 Å². The fourth-order valence-electron chi connectivity index (χ4n) is 5.99. The summed E-state index contributed by atoms with van der Waals surface area (Å²) in [6.07, 6.45) is 10.2. The fourth-order valence-corrected chi connectivity index (χ4v) is 7.66. The Kier molecular flexibility index (Phi) is 9.65. The molecular formula is C30H44N2O8S. The van der Waals surface area contributed by atoms with E-state index in [9.17, 15) is 18.0 Å². The molecule has 0 saturated carbocycles. The molecule has 0 aromatic heterocycles. The van der Waals surface area contributed by atoms with Crippen LogP contribution in [0.2, 0.25) is 0 Å². The summed E-state index contributed by atoms with van der Waals surface area (Å²) in [7, 11) is -0.678. The lowest BCUT2D eigenvalue weighted by Gasteiger charge is -2.35. The summed E-state index contributed by atoms with van der Waals surface area (Å²) < 4.78 is 48.9. The Hall–Kier alpha value is -2.31. The van der Waals surface area contributed by atoms with Crippen LogP contribution in [0.15, 0.2) is 47.1 Å². The number of ether oxygens (including phenoxy) is 4. The summed E-state index contributed by atoms with van der Waals surface area (Å²) in [6.45, 7) is 9.71. The van der Waals surface area contributed by atoms with Crippen LogP contribution in [0, 0.1) is 5.41 Å². The molecule has 0 radical (unpaired) electrons. The Labute approximate surface area is 243 Å². The molecule has 10 nitrogen and oxygen atoms in total. The molecule has 0 bridgehead atoms. The number of amides is 1. The van der Waals surface area contributed by atoms with Crippen LogP contribution >= 0.6 is 0 Å². The van der Waals surface area contributed by atoms with Gasteiger partial charge < -0.3 is 23.8 Å². The van der Waals surface area contributed by atoms with E-state index in [-0.39, 0.29) is 41.8 Å². The molecule has 4 aliphatic rings. The number of carbonyl (C=O) groups is 2. The molecule has 2 aliphatic carbocycles. The highest BCUT2D eigenvalue weighted by atomic mass is 32.2. The number of morpholine rings is 1. The molecular weight excluding hydrogens is 548 g/mol. The Bertz CT molecular complexity index is 1250. The molecule has 4 atom stereocenters. The Balaban J connectivity index is 1.40. The zero-order valence-electron chi connectivity index (χ0n) is 25.1. The van der Waals surface area contributed by atoms with Crippen molar-refractivity contribution in [2.75, 3.05) is 58.7 Å². The highest BCUT2D eigenvalue weighted by molar-refractivity contribution is 7.91. The third kappa shape index (κ3) is 7.56. The molecule has 1 amide bonds. The molecule has 2 heterocycles. The molecule has 2 aliphatic heterocycles. The second-order valence-electron chi connectivity index (χ2n) is 12.4. The maximum Gasteiger partial charge on any atom is 0.325 e. The van der Waals surface area contributed by atoms with E-state index in [0.29, 0.717) is 38.2 Å². The monoisotopic (exact) mass is 592 g/mol. The largest absolute Gasteiger partial charge is 0.468 e. The van der Waals surface area contributed by atoms with Crippen molar-refractivity contribution in [3.05, 3.63) is 47.1 Å². The Morgan fingerprint density at radius 2 is 1.88 bits per heavy atom. The zero-order chi connectivity index (χ0) is 30.0. The van der Waals surface area contributed by atoms with Gasteiger partial charge in [0.2, 0.25) is 0 Å². The van der Waals surface area contributed by atoms with Gasteiger partial charge in [0.25, 0.3) is 5.91 Å². The standard InChI is InChI=1S/C30H44N2O8S/c1-21-9-11-29(2,3)23(14-21)27(33)32-16-25(37-5)26(17-32)40-30(4)10-7-8-22(15-30)19-41(35,36)20-31-12-13-39-18-24(31)28(34)38-6/h7-10,14,24-26H,11-13,15-20H2,1-6H3. The van der Waals surface area contributed by atoms with Crippen molar-refractivity contribution in [2.45, 2.75) is 64.4 Å². The van der Waals surface area contributed by atoms with E-state index in [2.05, 4.69) is 19.9 Å². The lowest BCUT2D eigenvalue weighted by atomic mass is 9.76. The van der Waals surface area contributed by atoms with Crippen LogP contribution in [0.1, 0.15) is 40.5 Å². The molecule has 0 aromatic carbocycles. The average Bonchev–Trinajstić information content (AvgIpc) is 3.31. The molecule has 2 saturated heterocycles. The summed E-state index contributed by atoms with van der Waals surface area (Å²) in [4.78, 5) is 29.1. The van der Waals surface area contributed by atoms with Crippen LogP contribution < -0.4 is 0 Å². The van der Waals surface area contributed by atoms with Gasteiger partial charge in [0, 0.05) is 38.7 Å². The zero-order valence-corrected chi connectivity index (χ0v) is 25.9. The third-order valence-corrected chi connectivity index (χ3v) is 9.87. The van der Waals surface area contributed by atoms with Crippen LogP contribution in [0.4, 0.5) is 0 Å². The summed E-state index contributed by atoms with van der Waals surface area (Å²) >= 11 is 0. The van der Waals surface area contributed by atoms with Crippen molar-refractivity contribution >= 4 is 21.7 Å². The number of hydrogen-bond donors (Lipinski definition) is 0. The van der Waals surface area contributed by atoms with E-state index in [1.54, 1.807) is 12.0 Å². The quantitative estimate of drug-likeness (QED) is 0.373. The summed E-state index contributed by atoms with van der Waals surface area (Å²) in [5, 5.41) is 0. The lowest BCUT2D eigenvalue weighted by Crippen LogP contribution is -2.52. The number of carbonyl (C=O) groups excluding carboxylic acids is 2. The lowest BCUT2D eigenvalue weighted by molar-refractivity contribution is -0.152. The van der Waals surface area contributed by atoms with Gasteiger partial charge in [0.15, 0.2) is 9.84 Å². The molecule has 2 fully saturated rings. The van der Waals surface area contributed by atoms with Crippen LogP contribution in [0.5, 0.6) is 0 Å². The Morgan fingerprint density at radius 1 is 1.15 bits per heavy atom. The number of rotatable bonds is 9. The number of nitrogens with zero attached hydrogens (tertiary/aromatic N) is 2. The first-order valence-corrected chi connectivity index (χ1v) is 15.9. The normalized spacial score (nSPS) is 30.4. The minimum absolute atomic E-state index is 0.0000101. The Morgan fingerprint density at radius 3 is 2.59 bits per heavy atom. The maximum atomic E-state index is 13.6. The molecule has 4 rings (SSSR count). The van der Waals surface area contributed by atoms with E-state index in [1.807, 2.05) is 43.1 Å². The predicted molar refractivity (Wildman–Crippen MR) is 155 cm³/mol. The number of esters is 1. The summed E-state index contributed by atoms with van der Waals surface area (Å²) in [5.41, 5.74) is 1.58. The number of likely N-dealkylation sites (tertiary alicyclic amines) is 1. The van der Waals surface area contributed by atoms with Crippen LogP contribution in [-0.2, 0) is 38.4 Å². The van der Waals surface area contributed by atoms with Gasteiger partial charge in [0.1, 0.15) is 24.1 Å². The van der Waals surface area contributed by atoms with E-state index >= 15 is 0 Å². The smallest absolute Gasteiger partial charge is 0.325 e. The van der Waals surface area contributed by atoms with Gasteiger partial charge in [-0.1, -0.05) is 55.4 Å². The van der Waals surface area contributed by atoms with Crippen LogP contribution in [0.3, 0.4) is 0 Å². The topological polar surface area (TPSA) is 112 Å². The number of allylic oxidation sites excluding steroid dienone is 5. The maximum absolute atomic E-state index is 13.6. The first kappa shape index (κ1) is 31.6. The van der Waals surface area contributed by atoms with Gasteiger partial charge in [-0.3, -0.25) is 14.5 Å². The minimum atomic E-state index is -3.58. The van der Waals surface area contributed by atoms with Gasteiger partial charge in [-0.05, 0) is 25.7 Å². The fraction of sp³-hybridized carbons (Fsp3) is 0.667.